The van der Waals surface area contributed by atoms with Gasteiger partial charge in [-0.1, -0.05) is 13.3 Å². The zero-order valence-electron chi connectivity index (χ0n) is 13.1. The molecule has 0 radical (unpaired) electrons. The van der Waals surface area contributed by atoms with E-state index in [0.717, 1.165) is 36.2 Å². The molecule has 2 aromatic carbocycles. The molecule has 0 aliphatic carbocycles. The number of aryl methyl sites for hydroxylation is 1. The quantitative estimate of drug-likeness (QED) is 0.739. The summed E-state index contributed by atoms with van der Waals surface area (Å²) < 4.78 is 1.84. The highest BCUT2D eigenvalue weighted by Crippen LogP contribution is 2.27. The Morgan fingerprint density at radius 3 is 2.13 bits per heavy atom. The molecule has 0 aliphatic rings. The average molecular weight is 308 g/mol. The average Bonchev–Trinajstić information content (AvgIpc) is 2.98. The second-order valence-electron chi connectivity index (χ2n) is 5.61. The number of phenols is 2. The van der Waals surface area contributed by atoms with Gasteiger partial charge in [0, 0.05) is 11.8 Å². The largest absolute Gasteiger partial charge is 0.508 e. The van der Waals surface area contributed by atoms with Crippen LogP contribution in [0.5, 0.6) is 11.5 Å². The molecule has 118 valence electrons. The molecule has 0 unspecified atom stereocenters. The fourth-order valence-corrected chi connectivity index (χ4v) is 2.56. The van der Waals surface area contributed by atoms with Gasteiger partial charge in [0.15, 0.2) is 0 Å². The summed E-state index contributed by atoms with van der Waals surface area (Å²) in [6, 6.07) is 14.1. The first-order valence-corrected chi connectivity index (χ1v) is 7.84. The summed E-state index contributed by atoms with van der Waals surface area (Å²) in [4.78, 5) is 0. The van der Waals surface area contributed by atoms with Gasteiger partial charge in [-0.15, -0.1) is 0 Å². The highest BCUT2D eigenvalue weighted by Gasteiger charge is 2.12. The van der Waals surface area contributed by atoms with Crippen molar-refractivity contribution in [3.05, 3.63) is 60.3 Å². The molecule has 1 aromatic heterocycles. The lowest BCUT2D eigenvalue weighted by Crippen LogP contribution is -1.94. The van der Waals surface area contributed by atoms with Gasteiger partial charge < -0.3 is 10.2 Å². The molecule has 23 heavy (non-hydrogen) atoms. The van der Waals surface area contributed by atoms with Crippen LogP contribution in [0.15, 0.2) is 54.7 Å². The van der Waals surface area contributed by atoms with Crippen molar-refractivity contribution in [2.24, 2.45) is 0 Å². The smallest absolute Gasteiger partial charge is 0.115 e. The predicted octanol–water partition coefficient (Wildman–Crippen LogP) is 4.29. The second-order valence-corrected chi connectivity index (χ2v) is 5.61. The minimum Gasteiger partial charge on any atom is -0.508 e. The molecule has 4 nitrogen and oxygen atoms in total. The van der Waals surface area contributed by atoms with Crippen LogP contribution in [0.25, 0.3) is 16.9 Å². The van der Waals surface area contributed by atoms with E-state index >= 15 is 0 Å². The van der Waals surface area contributed by atoms with Crippen molar-refractivity contribution in [2.45, 2.75) is 26.2 Å². The number of benzene rings is 2. The van der Waals surface area contributed by atoms with Crippen molar-refractivity contribution in [1.29, 1.82) is 0 Å². The lowest BCUT2D eigenvalue weighted by Gasteiger charge is -2.02. The Bertz CT molecular complexity index is 774. The standard InChI is InChI=1S/C19H20N2O2/c1-2-3-4-15-13-21(16-7-11-18(23)12-8-16)20-19(15)14-5-9-17(22)10-6-14/h5-13,22-23H,2-4H2,1H3. The number of nitrogens with zero attached hydrogens (tertiary/aromatic N) is 2. The van der Waals surface area contributed by atoms with Crippen molar-refractivity contribution >= 4 is 0 Å². The Morgan fingerprint density at radius 1 is 0.913 bits per heavy atom. The van der Waals surface area contributed by atoms with Crippen LogP contribution in [-0.4, -0.2) is 20.0 Å². The monoisotopic (exact) mass is 308 g/mol. The van der Waals surface area contributed by atoms with Gasteiger partial charge in [0.1, 0.15) is 11.5 Å². The number of rotatable bonds is 5. The number of hydrogen-bond acceptors (Lipinski definition) is 3. The third-order valence-corrected chi connectivity index (χ3v) is 3.84. The molecule has 0 amide bonds. The van der Waals surface area contributed by atoms with E-state index in [1.165, 1.54) is 5.56 Å². The fourth-order valence-electron chi connectivity index (χ4n) is 2.56. The molecule has 3 rings (SSSR count). The first-order chi connectivity index (χ1) is 11.2. The van der Waals surface area contributed by atoms with Crippen LogP contribution in [0.2, 0.25) is 0 Å². The Kier molecular flexibility index (Phi) is 4.33. The van der Waals surface area contributed by atoms with Crippen LogP contribution in [0.1, 0.15) is 25.3 Å². The molecule has 1 heterocycles. The summed E-state index contributed by atoms with van der Waals surface area (Å²) in [5.41, 5.74) is 4.02. The van der Waals surface area contributed by atoms with Crippen LogP contribution >= 0.6 is 0 Å². The lowest BCUT2D eigenvalue weighted by molar-refractivity contribution is 0.475. The number of unbranched alkanes of at least 4 members (excludes halogenated alkanes) is 1. The third-order valence-electron chi connectivity index (χ3n) is 3.84. The van der Waals surface area contributed by atoms with E-state index in [2.05, 4.69) is 6.92 Å². The minimum atomic E-state index is 0.242. The van der Waals surface area contributed by atoms with Crippen LogP contribution in [0, 0.1) is 0 Å². The van der Waals surface area contributed by atoms with E-state index in [0.29, 0.717) is 0 Å². The molecule has 2 N–H and O–H groups in total. The van der Waals surface area contributed by atoms with Crippen LogP contribution in [0.3, 0.4) is 0 Å². The SMILES string of the molecule is CCCCc1cn(-c2ccc(O)cc2)nc1-c1ccc(O)cc1. The zero-order chi connectivity index (χ0) is 16.2. The van der Waals surface area contributed by atoms with Crippen molar-refractivity contribution in [3.63, 3.8) is 0 Å². The molecular weight excluding hydrogens is 288 g/mol. The Labute approximate surface area is 135 Å². The van der Waals surface area contributed by atoms with Gasteiger partial charge in [-0.3, -0.25) is 0 Å². The van der Waals surface area contributed by atoms with E-state index in [-0.39, 0.29) is 11.5 Å². The summed E-state index contributed by atoms with van der Waals surface area (Å²) in [7, 11) is 0. The maximum atomic E-state index is 9.47. The van der Waals surface area contributed by atoms with Gasteiger partial charge >= 0.3 is 0 Å². The highest BCUT2D eigenvalue weighted by molar-refractivity contribution is 5.64. The van der Waals surface area contributed by atoms with Gasteiger partial charge in [-0.05, 0) is 66.9 Å². The summed E-state index contributed by atoms with van der Waals surface area (Å²) >= 11 is 0. The van der Waals surface area contributed by atoms with Gasteiger partial charge in [-0.2, -0.15) is 5.10 Å². The van der Waals surface area contributed by atoms with Crippen LogP contribution in [-0.2, 0) is 6.42 Å². The van der Waals surface area contributed by atoms with Crippen molar-refractivity contribution < 1.29 is 10.2 Å². The molecule has 0 atom stereocenters. The summed E-state index contributed by atoms with van der Waals surface area (Å²) in [6.45, 7) is 2.17. The Hall–Kier alpha value is -2.75. The third kappa shape index (κ3) is 3.37. The fraction of sp³-hybridized carbons (Fsp3) is 0.211. The lowest BCUT2D eigenvalue weighted by atomic mass is 10.0. The summed E-state index contributed by atoms with van der Waals surface area (Å²) in [6.07, 6.45) is 5.24. The first-order valence-electron chi connectivity index (χ1n) is 7.84. The first kappa shape index (κ1) is 15.2. The number of aromatic nitrogens is 2. The molecule has 3 aromatic rings. The van der Waals surface area contributed by atoms with E-state index in [9.17, 15) is 10.2 Å². The topological polar surface area (TPSA) is 58.3 Å². The van der Waals surface area contributed by atoms with Gasteiger partial charge in [-0.25, -0.2) is 4.68 Å². The molecule has 0 fully saturated rings. The van der Waals surface area contributed by atoms with E-state index < -0.39 is 0 Å². The molecule has 0 bridgehead atoms. The van der Waals surface area contributed by atoms with Crippen molar-refractivity contribution in [3.8, 4) is 28.4 Å². The molecule has 0 aliphatic heterocycles. The number of hydrogen-bond donors (Lipinski definition) is 2. The zero-order valence-corrected chi connectivity index (χ0v) is 13.1. The number of aromatic hydroxyl groups is 2. The van der Waals surface area contributed by atoms with Gasteiger partial charge in [0.05, 0.1) is 11.4 Å². The maximum absolute atomic E-state index is 9.47. The van der Waals surface area contributed by atoms with E-state index in [4.69, 9.17) is 5.10 Å². The summed E-state index contributed by atoms with van der Waals surface area (Å²) in [5.74, 6) is 0.493. The van der Waals surface area contributed by atoms with Crippen LogP contribution < -0.4 is 0 Å². The minimum absolute atomic E-state index is 0.242. The van der Waals surface area contributed by atoms with Crippen molar-refractivity contribution in [2.75, 3.05) is 0 Å². The van der Waals surface area contributed by atoms with Gasteiger partial charge in [0.25, 0.3) is 0 Å². The van der Waals surface area contributed by atoms with E-state index in [1.54, 1.807) is 24.3 Å². The van der Waals surface area contributed by atoms with Crippen molar-refractivity contribution in [1.82, 2.24) is 9.78 Å². The predicted molar refractivity (Wildman–Crippen MR) is 90.9 cm³/mol. The van der Waals surface area contributed by atoms with E-state index in [1.807, 2.05) is 35.1 Å². The second kappa shape index (κ2) is 6.57. The van der Waals surface area contributed by atoms with Gasteiger partial charge in [0.2, 0.25) is 0 Å². The molecule has 0 saturated heterocycles. The molecule has 0 saturated carbocycles. The normalized spacial score (nSPS) is 10.8. The van der Waals surface area contributed by atoms with Crippen LogP contribution in [0.4, 0.5) is 0 Å². The highest BCUT2D eigenvalue weighted by atomic mass is 16.3. The Balaban J connectivity index is 2.02. The summed E-state index contributed by atoms with van der Waals surface area (Å²) in [5, 5.41) is 23.6. The molecule has 0 spiro atoms. The maximum Gasteiger partial charge on any atom is 0.115 e. The number of phenolic OH excluding ortho intramolecular Hbond substituents is 2. The molecular formula is C19H20N2O2. The Morgan fingerprint density at radius 2 is 1.52 bits per heavy atom. The molecule has 4 heteroatoms.